The Labute approximate surface area is 143 Å². The molecule has 1 fully saturated rings. The van der Waals surface area contributed by atoms with Crippen LogP contribution in [-0.2, 0) is 22.1 Å². The van der Waals surface area contributed by atoms with Gasteiger partial charge in [0.25, 0.3) is 5.91 Å². The smallest absolute Gasteiger partial charge is 0.254 e. The monoisotopic (exact) mass is 343 g/mol. The van der Waals surface area contributed by atoms with Crippen LogP contribution in [0, 0.1) is 0 Å². The minimum atomic E-state index is -3.12. The molecular formula is C19H21NO3S. The normalized spacial score (nSPS) is 14.4. The largest absolute Gasteiger partial charge is 0.331 e. The van der Waals surface area contributed by atoms with Gasteiger partial charge in [-0.05, 0) is 36.1 Å². The summed E-state index contributed by atoms with van der Waals surface area (Å²) >= 11 is 0. The molecule has 1 saturated carbocycles. The van der Waals surface area contributed by atoms with Crippen LogP contribution in [-0.4, -0.2) is 31.5 Å². The first-order valence-corrected chi connectivity index (χ1v) is 10.1. The Morgan fingerprint density at radius 2 is 1.71 bits per heavy atom. The zero-order valence-electron chi connectivity index (χ0n) is 13.7. The molecule has 2 aromatic rings. The molecule has 0 aliphatic heterocycles. The van der Waals surface area contributed by atoms with Gasteiger partial charge in [-0.1, -0.05) is 42.5 Å². The highest BCUT2D eigenvalue weighted by Gasteiger charge is 2.33. The van der Waals surface area contributed by atoms with Crippen molar-refractivity contribution in [1.29, 1.82) is 0 Å². The van der Waals surface area contributed by atoms with Gasteiger partial charge in [-0.3, -0.25) is 4.79 Å². The Bertz CT molecular complexity index is 827. The van der Waals surface area contributed by atoms with E-state index in [1.807, 2.05) is 35.2 Å². The predicted molar refractivity (Wildman–Crippen MR) is 94.3 cm³/mol. The molecule has 1 aliphatic rings. The second-order valence-electron chi connectivity index (χ2n) is 6.42. The molecule has 1 amide bonds. The van der Waals surface area contributed by atoms with Crippen LogP contribution in [0.4, 0.5) is 0 Å². The van der Waals surface area contributed by atoms with E-state index >= 15 is 0 Å². The van der Waals surface area contributed by atoms with E-state index in [0.29, 0.717) is 17.7 Å². The van der Waals surface area contributed by atoms with Gasteiger partial charge in [0.2, 0.25) is 0 Å². The highest BCUT2D eigenvalue weighted by molar-refractivity contribution is 7.89. The molecular weight excluding hydrogens is 322 g/mol. The fourth-order valence-electron chi connectivity index (χ4n) is 2.80. The Morgan fingerprint density at radius 1 is 1.04 bits per heavy atom. The average molecular weight is 343 g/mol. The molecule has 24 heavy (non-hydrogen) atoms. The van der Waals surface area contributed by atoms with Gasteiger partial charge in [0.05, 0.1) is 5.75 Å². The maximum Gasteiger partial charge on any atom is 0.254 e. The molecule has 0 atom stereocenters. The highest BCUT2D eigenvalue weighted by atomic mass is 32.2. The summed E-state index contributed by atoms with van der Waals surface area (Å²) in [4.78, 5) is 14.8. The maximum absolute atomic E-state index is 12.9. The number of nitrogens with zero attached hydrogens (tertiary/aromatic N) is 1. The minimum Gasteiger partial charge on any atom is -0.331 e. The lowest BCUT2D eigenvalue weighted by molar-refractivity contribution is 0.0730. The van der Waals surface area contributed by atoms with Crippen LogP contribution in [0.25, 0.3) is 0 Å². The van der Waals surface area contributed by atoms with Crippen LogP contribution in [0.2, 0.25) is 0 Å². The Hall–Kier alpha value is -2.14. The Balaban J connectivity index is 1.81. The number of hydrogen-bond acceptors (Lipinski definition) is 3. The number of benzene rings is 2. The molecule has 0 aromatic heterocycles. The topological polar surface area (TPSA) is 54.5 Å². The van der Waals surface area contributed by atoms with Crippen LogP contribution in [0.5, 0.6) is 0 Å². The van der Waals surface area contributed by atoms with Crippen molar-refractivity contribution >= 4 is 15.7 Å². The SMILES string of the molecule is CS(=O)(=O)Cc1cccc(C(=O)N(Cc2ccccc2)C2CC2)c1. The molecule has 0 N–H and O–H groups in total. The van der Waals surface area contributed by atoms with Crippen molar-refractivity contribution in [3.63, 3.8) is 0 Å². The standard InChI is InChI=1S/C19H21NO3S/c1-24(22,23)14-16-8-5-9-17(12-16)19(21)20(18-10-11-18)13-15-6-3-2-4-7-15/h2-9,12,18H,10-11,13-14H2,1H3. The van der Waals surface area contributed by atoms with Gasteiger partial charge >= 0.3 is 0 Å². The minimum absolute atomic E-state index is 0.0308. The van der Waals surface area contributed by atoms with Crippen LogP contribution in [0.1, 0.15) is 34.3 Å². The summed E-state index contributed by atoms with van der Waals surface area (Å²) in [5.74, 6) is -0.0762. The number of sulfone groups is 1. The van der Waals surface area contributed by atoms with E-state index in [2.05, 4.69) is 0 Å². The van der Waals surface area contributed by atoms with E-state index in [1.165, 1.54) is 6.26 Å². The fourth-order valence-corrected chi connectivity index (χ4v) is 3.58. The number of amides is 1. The van der Waals surface area contributed by atoms with Gasteiger partial charge in [-0.15, -0.1) is 0 Å². The summed E-state index contributed by atoms with van der Waals surface area (Å²) in [5.41, 5.74) is 2.31. The summed E-state index contributed by atoms with van der Waals surface area (Å²) < 4.78 is 23.0. The van der Waals surface area contributed by atoms with Gasteiger partial charge in [0.15, 0.2) is 9.84 Å². The first-order chi connectivity index (χ1) is 11.4. The number of carbonyl (C=O) groups is 1. The van der Waals surface area contributed by atoms with Crippen molar-refractivity contribution in [3.05, 3.63) is 71.3 Å². The molecule has 4 nitrogen and oxygen atoms in total. The number of hydrogen-bond donors (Lipinski definition) is 0. The molecule has 0 heterocycles. The van der Waals surface area contributed by atoms with Crippen molar-refractivity contribution in [2.24, 2.45) is 0 Å². The zero-order valence-corrected chi connectivity index (χ0v) is 14.5. The molecule has 0 saturated heterocycles. The van der Waals surface area contributed by atoms with Gasteiger partial charge < -0.3 is 4.90 Å². The van der Waals surface area contributed by atoms with Crippen molar-refractivity contribution in [2.75, 3.05) is 6.26 Å². The summed E-state index contributed by atoms with van der Waals surface area (Å²) in [6, 6.07) is 17.2. The van der Waals surface area contributed by atoms with Gasteiger partial charge in [-0.2, -0.15) is 0 Å². The molecule has 2 aromatic carbocycles. The first kappa shape index (κ1) is 16.7. The molecule has 5 heteroatoms. The lowest BCUT2D eigenvalue weighted by Gasteiger charge is -2.23. The average Bonchev–Trinajstić information content (AvgIpc) is 3.36. The van der Waals surface area contributed by atoms with E-state index in [-0.39, 0.29) is 17.7 Å². The quantitative estimate of drug-likeness (QED) is 0.810. The first-order valence-electron chi connectivity index (χ1n) is 8.04. The van der Waals surface area contributed by atoms with E-state index in [9.17, 15) is 13.2 Å². The van der Waals surface area contributed by atoms with E-state index in [4.69, 9.17) is 0 Å². The van der Waals surface area contributed by atoms with E-state index < -0.39 is 9.84 Å². The third-order valence-electron chi connectivity index (χ3n) is 4.05. The molecule has 0 bridgehead atoms. The zero-order chi connectivity index (χ0) is 17.2. The van der Waals surface area contributed by atoms with E-state index in [0.717, 1.165) is 18.4 Å². The van der Waals surface area contributed by atoms with Gasteiger partial charge in [0.1, 0.15) is 0 Å². The second-order valence-corrected chi connectivity index (χ2v) is 8.56. The summed E-state index contributed by atoms with van der Waals surface area (Å²) in [5, 5.41) is 0. The fraction of sp³-hybridized carbons (Fsp3) is 0.316. The maximum atomic E-state index is 12.9. The van der Waals surface area contributed by atoms with Crippen molar-refractivity contribution in [1.82, 2.24) is 4.90 Å². The van der Waals surface area contributed by atoms with Crippen LogP contribution >= 0.6 is 0 Å². The van der Waals surface area contributed by atoms with Crippen LogP contribution < -0.4 is 0 Å². The molecule has 3 rings (SSSR count). The predicted octanol–water partition coefficient (Wildman–Crippen LogP) is 3.04. The summed E-state index contributed by atoms with van der Waals surface area (Å²) in [7, 11) is -3.12. The lowest BCUT2D eigenvalue weighted by Crippen LogP contribution is -2.32. The third-order valence-corrected chi connectivity index (χ3v) is 4.90. The van der Waals surface area contributed by atoms with Crippen LogP contribution in [0.15, 0.2) is 54.6 Å². The highest BCUT2D eigenvalue weighted by Crippen LogP contribution is 2.30. The van der Waals surface area contributed by atoms with Crippen LogP contribution in [0.3, 0.4) is 0 Å². The van der Waals surface area contributed by atoms with Gasteiger partial charge in [-0.25, -0.2) is 8.42 Å². The molecule has 0 radical (unpaired) electrons. The van der Waals surface area contributed by atoms with E-state index in [1.54, 1.807) is 24.3 Å². The van der Waals surface area contributed by atoms with Crippen molar-refractivity contribution < 1.29 is 13.2 Å². The second kappa shape index (κ2) is 6.77. The molecule has 1 aliphatic carbocycles. The third kappa shape index (κ3) is 4.45. The molecule has 0 spiro atoms. The van der Waals surface area contributed by atoms with Crippen molar-refractivity contribution in [2.45, 2.75) is 31.2 Å². The Kier molecular flexibility index (Phi) is 4.71. The summed E-state index contributed by atoms with van der Waals surface area (Å²) in [6.07, 6.45) is 3.26. The molecule has 126 valence electrons. The number of carbonyl (C=O) groups excluding carboxylic acids is 1. The van der Waals surface area contributed by atoms with Crippen molar-refractivity contribution in [3.8, 4) is 0 Å². The Morgan fingerprint density at radius 3 is 2.33 bits per heavy atom. The van der Waals surface area contributed by atoms with Gasteiger partial charge in [0, 0.05) is 24.4 Å². The number of rotatable bonds is 6. The summed E-state index contributed by atoms with van der Waals surface area (Å²) in [6.45, 7) is 0.584. The lowest BCUT2D eigenvalue weighted by atomic mass is 10.1. The molecule has 0 unspecified atom stereocenters.